The summed E-state index contributed by atoms with van der Waals surface area (Å²) in [5, 5.41) is 6.95. The van der Waals surface area contributed by atoms with Crippen molar-refractivity contribution in [3.63, 3.8) is 0 Å². The Morgan fingerprint density at radius 1 is 1.75 bits per heavy atom. The van der Waals surface area contributed by atoms with Crippen LogP contribution >= 0.6 is 0 Å². The number of nitrogens with one attached hydrogen (secondary N) is 1. The molecule has 0 aliphatic heterocycles. The maximum atomic E-state index is 11.9. The minimum absolute atomic E-state index is 0.295. The van der Waals surface area contributed by atoms with Crippen molar-refractivity contribution >= 4 is 5.71 Å². The molecule has 0 bridgehead atoms. The third-order valence-corrected chi connectivity index (χ3v) is 0.754. The van der Waals surface area contributed by atoms with Gasteiger partial charge in [0, 0.05) is 5.71 Å². The third kappa shape index (κ3) is 3.53. The molecule has 2 heteroatoms. The summed E-state index contributed by atoms with van der Waals surface area (Å²) in [4.78, 5) is 0. The number of allylic oxidation sites excluding steroid dienone is 2. The highest BCUT2D eigenvalue weighted by Crippen LogP contribution is 1.94. The zero-order chi connectivity index (χ0) is 6.57. The molecule has 0 atom stereocenters. The van der Waals surface area contributed by atoms with Crippen LogP contribution < -0.4 is 0 Å². The molecule has 0 aromatic carbocycles. The lowest BCUT2D eigenvalue weighted by atomic mass is 10.3. The van der Waals surface area contributed by atoms with E-state index in [1.807, 2.05) is 6.92 Å². The Labute approximate surface area is 48.7 Å². The van der Waals surface area contributed by atoms with E-state index >= 15 is 0 Å². The second kappa shape index (κ2) is 3.36. The van der Waals surface area contributed by atoms with Gasteiger partial charge in [0.25, 0.3) is 0 Å². The second-order valence-corrected chi connectivity index (χ2v) is 1.61. The Morgan fingerprint density at radius 2 is 2.25 bits per heavy atom. The van der Waals surface area contributed by atoms with E-state index in [0.29, 0.717) is 12.1 Å². The number of hydrogen-bond acceptors (Lipinski definition) is 1. The fourth-order valence-corrected chi connectivity index (χ4v) is 0.342. The molecule has 8 heavy (non-hydrogen) atoms. The van der Waals surface area contributed by atoms with Crippen LogP contribution in [0.25, 0.3) is 0 Å². The predicted octanol–water partition coefficient (Wildman–Crippen LogP) is 2.29. The molecule has 0 heterocycles. The van der Waals surface area contributed by atoms with Crippen LogP contribution in [0.4, 0.5) is 4.39 Å². The zero-order valence-corrected chi connectivity index (χ0v) is 5.16. The van der Waals surface area contributed by atoms with E-state index in [4.69, 9.17) is 5.41 Å². The van der Waals surface area contributed by atoms with Crippen LogP contribution in [-0.4, -0.2) is 5.71 Å². The van der Waals surface area contributed by atoms with Crippen LogP contribution in [0, 0.1) is 5.41 Å². The van der Waals surface area contributed by atoms with Crippen molar-refractivity contribution < 1.29 is 4.39 Å². The van der Waals surface area contributed by atoms with Gasteiger partial charge in [-0.15, -0.1) is 0 Å². The van der Waals surface area contributed by atoms with Gasteiger partial charge in [-0.25, -0.2) is 4.39 Å². The molecule has 0 unspecified atom stereocenters. The van der Waals surface area contributed by atoms with Crippen molar-refractivity contribution in [2.45, 2.75) is 20.3 Å². The molecule has 0 spiro atoms. The summed E-state index contributed by atoms with van der Waals surface area (Å²) in [5.41, 5.74) is 0.338. The van der Waals surface area contributed by atoms with E-state index in [-0.39, 0.29) is 5.83 Å². The van der Waals surface area contributed by atoms with E-state index in [0.717, 1.165) is 0 Å². The van der Waals surface area contributed by atoms with Gasteiger partial charge in [-0.1, -0.05) is 6.92 Å². The predicted molar refractivity (Wildman–Crippen MR) is 32.9 cm³/mol. The fraction of sp³-hybridized carbons (Fsp3) is 0.500. The van der Waals surface area contributed by atoms with Crippen LogP contribution in [0.5, 0.6) is 0 Å². The largest absolute Gasteiger partial charge is 0.305 e. The first-order valence-electron chi connectivity index (χ1n) is 2.58. The van der Waals surface area contributed by atoms with Crippen molar-refractivity contribution in [2.24, 2.45) is 0 Å². The van der Waals surface area contributed by atoms with Crippen molar-refractivity contribution in [1.82, 2.24) is 0 Å². The first-order chi connectivity index (χ1) is 3.66. The van der Waals surface area contributed by atoms with Crippen LogP contribution in [0.15, 0.2) is 11.9 Å². The molecular formula is C6H10FN. The van der Waals surface area contributed by atoms with Gasteiger partial charge in [-0.3, -0.25) is 0 Å². The first-order valence-corrected chi connectivity index (χ1v) is 2.58. The Balaban J connectivity index is 3.70. The van der Waals surface area contributed by atoms with Crippen LogP contribution in [0.1, 0.15) is 20.3 Å². The van der Waals surface area contributed by atoms with Gasteiger partial charge in [0.15, 0.2) is 0 Å². The Bertz CT molecular complexity index is 112. The molecule has 0 radical (unpaired) electrons. The molecule has 0 fully saturated rings. The molecule has 0 saturated heterocycles. The average Bonchev–Trinajstić information content (AvgIpc) is 1.65. The highest BCUT2D eigenvalue weighted by molar-refractivity contribution is 5.92. The van der Waals surface area contributed by atoms with E-state index in [2.05, 4.69) is 0 Å². The van der Waals surface area contributed by atoms with E-state index < -0.39 is 0 Å². The molecule has 0 amide bonds. The van der Waals surface area contributed by atoms with Gasteiger partial charge in [-0.2, -0.15) is 0 Å². The average molecular weight is 115 g/mol. The summed E-state index contributed by atoms with van der Waals surface area (Å²) in [6.45, 7) is 3.16. The van der Waals surface area contributed by atoms with Crippen molar-refractivity contribution in [1.29, 1.82) is 5.41 Å². The van der Waals surface area contributed by atoms with Crippen molar-refractivity contribution in [3.05, 3.63) is 11.9 Å². The van der Waals surface area contributed by atoms with E-state index in [1.165, 1.54) is 13.0 Å². The molecule has 0 saturated carbocycles. The molecule has 0 aliphatic carbocycles. The Kier molecular flexibility index (Phi) is 3.08. The summed E-state index contributed by atoms with van der Waals surface area (Å²) in [5.74, 6) is -0.295. The summed E-state index contributed by atoms with van der Waals surface area (Å²) < 4.78 is 11.9. The number of rotatable bonds is 2. The van der Waals surface area contributed by atoms with Crippen molar-refractivity contribution in [2.75, 3.05) is 0 Å². The third-order valence-electron chi connectivity index (χ3n) is 0.754. The molecular weight excluding hydrogens is 105 g/mol. The van der Waals surface area contributed by atoms with Gasteiger partial charge in [0.05, 0.1) is 5.83 Å². The maximum Gasteiger partial charge on any atom is 0.0986 e. The molecule has 1 nitrogen and oxygen atoms in total. The summed E-state index contributed by atoms with van der Waals surface area (Å²) in [6.07, 6.45) is 1.82. The molecule has 0 aromatic rings. The van der Waals surface area contributed by atoms with Gasteiger partial charge < -0.3 is 5.41 Å². The highest BCUT2D eigenvalue weighted by Gasteiger charge is 1.86. The Hall–Kier alpha value is -0.660. The van der Waals surface area contributed by atoms with Gasteiger partial charge in [0.2, 0.25) is 0 Å². The van der Waals surface area contributed by atoms with Crippen LogP contribution in [-0.2, 0) is 0 Å². The van der Waals surface area contributed by atoms with Crippen LogP contribution in [0.3, 0.4) is 0 Å². The molecule has 0 rings (SSSR count). The molecule has 0 aromatic heterocycles. The lowest BCUT2D eigenvalue weighted by molar-refractivity contribution is 0.641. The molecule has 1 N–H and O–H groups in total. The monoisotopic (exact) mass is 115 g/mol. The minimum Gasteiger partial charge on any atom is -0.305 e. The van der Waals surface area contributed by atoms with E-state index in [9.17, 15) is 4.39 Å². The quantitative estimate of drug-likeness (QED) is 0.534. The number of hydrogen-bond donors (Lipinski definition) is 1. The van der Waals surface area contributed by atoms with E-state index in [1.54, 1.807) is 0 Å². The second-order valence-electron chi connectivity index (χ2n) is 1.61. The van der Waals surface area contributed by atoms with Crippen LogP contribution in [0.2, 0.25) is 0 Å². The smallest absolute Gasteiger partial charge is 0.0986 e. The minimum atomic E-state index is -0.295. The summed E-state index contributed by atoms with van der Waals surface area (Å²) >= 11 is 0. The molecule has 0 aliphatic rings. The Morgan fingerprint density at radius 3 is 2.38 bits per heavy atom. The maximum absolute atomic E-state index is 11.9. The normalized spacial score (nSPS) is 11.6. The van der Waals surface area contributed by atoms with Crippen molar-refractivity contribution in [3.8, 4) is 0 Å². The van der Waals surface area contributed by atoms with Gasteiger partial charge in [0.1, 0.15) is 0 Å². The lowest BCUT2D eigenvalue weighted by Gasteiger charge is -1.86. The van der Waals surface area contributed by atoms with Gasteiger partial charge in [-0.05, 0) is 19.4 Å². The zero-order valence-electron chi connectivity index (χ0n) is 5.16. The summed E-state index contributed by atoms with van der Waals surface area (Å²) in [7, 11) is 0. The molecule has 46 valence electrons. The lowest BCUT2D eigenvalue weighted by Crippen LogP contribution is -1.85. The summed E-state index contributed by atoms with van der Waals surface area (Å²) in [6, 6.07) is 0. The topological polar surface area (TPSA) is 23.9 Å². The fourth-order valence-electron chi connectivity index (χ4n) is 0.342. The highest BCUT2D eigenvalue weighted by atomic mass is 19.1. The van der Waals surface area contributed by atoms with Gasteiger partial charge >= 0.3 is 0 Å². The first kappa shape index (κ1) is 7.34. The standard InChI is InChI=1S/C6H10FN/c1-3-6(8)4-5(2)7/h4,8H,3H2,1-2H3/b5-4+,8-6?. The SMILES string of the molecule is CCC(=N)/C=C(\C)F. The number of halogens is 1.